The molecule has 2 aromatic rings. The van der Waals surface area contributed by atoms with Crippen LogP contribution >= 0.6 is 0 Å². The van der Waals surface area contributed by atoms with E-state index in [1.807, 2.05) is 0 Å². The summed E-state index contributed by atoms with van der Waals surface area (Å²) in [6.45, 7) is 0.888. The minimum atomic E-state index is -0.505. The van der Waals surface area contributed by atoms with Crippen LogP contribution in [0.5, 0.6) is 5.88 Å². The van der Waals surface area contributed by atoms with Crippen LogP contribution in [0, 0.1) is 5.82 Å². The molecule has 4 rings (SSSR count). The Balaban J connectivity index is 1.51. The van der Waals surface area contributed by atoms with Gasteiger partial charge in [0.05, 0.1) is 18.8 Å². The maximum absolute atomic E-state index is 13.8. The third-order valence-corrected chi connectivity index (χ3v) is 4.57. The first-order valence-electron chi connectivity index (χ1n) is 8.20. The van der Waals surface area contributed by atoms with Crippen LogP contribution in [0.2, 0.25) is 0 Å². The van der Waals surface area contributed by atoms with Crippen molar-refractivity contribution in [3.8, 4) is 5.88 Å². The molecule has 3 atom stereocenters. The van der Waals surface area contributed by atoms with Crippen molar-refractivity contribution < 1.29 is 18.7 Å². The number of pyridine rings is 1. The van der Waals surface area contributed by atoms with Crippen LogP contribution in [0.15, 0.2) is 36.9 Å². The molecule has 7 nitrogen and oxygen atoms in total. The molecule has 3 heterocycles. The largest absolute Gasteiger partial charge is 0.469 e. The van der Waals surface area contributed by atoms with E-state index in [4.69, 9.17) is 9.47 Å². The molecule has 1 saturated carbocycles. The highest BCUT2D eigenvalue weighted by Crippen LogP contribution is 2.33. The fraction of sp³-hybridized carbons (Fsp3) is 0.412. The molecular formula is C17H17FN4O3. The third kappa shape index (κ3) is 3.05. The Morgan fingerprint density at radius 2 is 2.20 bits per heavy atom. The normalized spacial score (nSPS) is 25.5. The number of halogens is 1. The van der Waals surface area contributed by atoms with Crippen molar-refractivity contribution >= 4 is 5.91 Å². The molecule has 2 fully saturated rings. The lowest BCUT2D eigenvalue weighted by molar-refractivity contribution is -0.0800. The summed E-state index contributed by atoms with van der Waals surface area (Å²) in [5.74, 6) is -0.709. The van der Waals surface area contributed by atoms with Crippen molar-refractivity contribution in [1.82, 2.24) is 19.9 Å². The number of fused-ring (bicyclic) bond motifs is 1. The zero-order valence-electron chi connectivity index (χ0n) is 13.4. The predicted molar refractivity (Wildman–Crippen MR) is 84.4 cm³/mol. The molecule has 0 bridgehead atoms. The fourth-order valence-electron chi connectivity index (χ4n) is 3.45. The molecule has 25 heavy (non-hydrogen) atoms. The zero-order valence-corrected chi connectivity index (χ0v) is 13.4. The predicted octanol–water partition coefficient (Wildman–Crippen LogP) is 1.46. The maximum Gasteiger partial charge on any atom is 0.274 e. The smallest absolute Gasteiger partial charge is 0.274 e. The summed E-state index contributed by atoms with van der Waals surface area (Å²) in [6.07, 6.45) is 6.69. The molecule has 1 saturated heterocycles. The highest BCUT2D eigenvalue weighted by Gasteiger charge is 2.46. The van der Waals surface area contributed by atoms with Crippen LogP contribution in [0.4, 0.5) is 4.39 Å². The quantitative estimate of drug-likeness (QED) is 0.839. The van der Waals surface area contributed by atoms with Crippen LogP contribution < -0.4 is 4.74 Å². The Morgan fingerprint density at radius 3 is 3.00 bits per heavy atom. The Hall–Kier alpha value is -2.61. The number of hydrogen-bond acceptors (Lipinski definition) is 6. The molecule has 0 radical (unpaired) electrons. The average molecular weight is 344 g/mol. The van der Waals surface area contributed by atoms with Crippen molar-refractivity contribution in [2.75, 3.05) is 13.2 Å². The molecule has 0 unspecified atom stereocenters. The van der Waals surface area contributed by atoms with Gasteiger partial charge in [-0.3, -0.25) is 9.78 Å². The van der Waals surface area contributed by atoms with Gasteiger partial charge in [-0.15, -0.1) is 0 Å². The number of hydrogen-bond donors (Lipinski definition) is 0. The first-order chi connectivity index (χ1) is 12.2. The highest BCUT2D eigenvalue weighted by molar-refractivity contribution is 5.92. The molecule has 8 heteroatoms. The lowest BCUT2D eigenvalue weighted by Crippen LogP contribution is -2.54. The van der Waals surface area contributed by atoms with Crippen molar-refractivity contribution in [2.24, 2.45) is 0 Å². The Morgan fingerprint density at radius 1 is 1.28 bits per heavy atom. The van der Waals surface area contributed by atoms with Gasteiger partial charge in [-0.25, -0.2) is 14.4 Å². The number of morpholine rings is 1. The summed E-state index contributed by atoms with van der Waals surface area (Å²) in [5.41, 5.74) is 0.309. The Labute approximate surface area is 143 Å². The van der Waals surface area contributed by atoms with Gasteiger partial charge in [-0.2, -0.15) is 0 Å². The second kappa shape index (κ2) is 6.72. The standard InChI is InChI=1S/C17H17FN4O3/c18-11-2-1-5-21-16(11)25-14-4-3-13-15(14)24-9-8-22(13)17(23)12-10-19-6-7-20-12/h1-2,5-7,10,13-15H,3-4,8-9H2/t13-,14-,15+/m0/s1. The number of amides is 1. The monoisotopic (exact) mass is 344 g/mol. The van der Waals surface area contributed by atoms with E-state index in [0.29, 0.717) is 25.3 Å². The van der Waals surface area contributed by atoms with E-state index in [1.165, 1.54) is 36.9 Å². The van der Waals surface area contributed by atoms with Gasteiger partial charge in [-0.05, 0) is 25.0 Å². The van der Waals surface area contributed by atoms with Gasteiger partial charge in [0, 0.05) is 25.1 Å². The van der Waals surface area contributed by atoms with Crippen LogP contribution in [0.25, 0.3) is 0 Å². The third-order valence-electron chi connectivity index (χ3n) is 4.57. The molecule has 2 aromatic heterocycles. The first kappa shape index (κ1) is 15.9. The Kier molecular flexibility index (Phi) is 4.27. The van der Waals surface area contributed by atoms with Gasteiger partial charge >= 0.3 is 0 Å². The molecule has 2 aliphatic rings. The number of nitrogens with zero attached hydrogens (tertiary/aromatic N) is 4. The molecule has 0 N–H and O–H groups in total. The minimum Gasteiger partial charge on any atom is -0.469 e. The van der Waals surface area contributed by atoms with Crippen molar-refractivity contribution in [2.45, 2.75) is 31.1 Å². The van der Waals surface area contributed by atoms with Gasteiger partial charge < -0.3 is 14.4 Å². The van der Waals surface area contributed by atoms with E-state index in [1.54, 1.807) is 4.90 Å². The zero-order chi connectivity index (χ0) is 17.2. The number of rotatable bonds is 3. The van der Waals surface area contributed by atoms with E-state index in [9.17, 15) is 9.18 Å². The molecule has 1 aliphatic carbocycles. The SMILES string of the molecule is O=C(c1cnccn1)N1CCO[C@H]2[C@@H](Oc3ncccc3F)CC[C@@H]21. The van der Waals surface area contributed by atoms with Crippen molar-refractivity contribution in [1.29, 1.82) is 0 Å². The van der Waals surface area contributed by atoms with Crippen LogP contribution in [-0.4, -0.2) is 57.2 Å². The summed E-state index contributed by atoms with van der Waals surface area (Å²) in [7, 11) is 0. The van der Waals surface area contributed by atoms with E-state index >= 15 is 0 Å². The second-order valence-corrected chi connectivity index (χ2v) is 6.02. The highest BCUT2D eigenvalue weighted by atomic mass is 19.1. The number of carbonyl (C=O) groups excluding carboxylic acids is 1. The second-order valence-electron chi connectivity index (χ2n) is 6.02. The molecule has 1 aliphatic heterocycles. The van der Waals surface area contributed by atoms with Crippen molar-refractivity contribution in [3.05, 3.63) is 48.4 Å². The first-order valence-corrected chi connectivity index (χ1v) is 8.20. The lowest BCUT2D eigenvalue weighted by atomic mass is 10.1. The van der Waals surface area contributed by atoms with Crippen LogP contribution in [-0.2, 0) is 4.74 Å². The summed E-state index contributed by atoms with van der Waals surface area (Å²) in [6, 6.07) is 2.69. The van der Waals surface area contributed by atoms with E-state index in [2.05, 4.69) is 15.0 Å². The lowest BCUT2D eigenvalue weighted by Gasteiger charge is -2.38. The number of ether oxygens (including phenoxy) is 2. The molecule has 1 amide bonds. The summed E-state index contributed by atoms with van der Waals surface area (Å²) in [5, 5.41) is 0. The van der Waals surface area contributed by atoms with E-state index < -0.39 is 5.82 Å². The van der Waals surface area contributed by atoms with Gasteiger partial charge in [-0.1, -0.05) is 0 Å². The summed E-state index contributed by atoms with van der Waals surface area (Å²) < 4.78 is 25.4. The van der Waals surface area contributed by atoms with E-state index in [0.717, 1.165) is 6.42 Å². The molecular weight excluding hydrogens is 327 g/mol. The summed E-state index contributed by atoms with van der Waals surface area (Å²) >= 11 is 0. The molecule has 130 valence electrons. The van der Waals surface area contributed by atoms with Crippen LogP contribution in [0.3, 0.4) is 0 Å². The van der Waals surface area contributed by atoms with Crippen molar-refractivity contribution in [3.63, 3.8) is 0 Å². The van der Waals surface area contributed by atoms with Gasteiger partial charge in [0.15, 0.2) is 5.82 Å². The van der Waals surface area contributed by atoms with Gasteiger partial charge in [0.1, 0.15) is 17.9 Å². The minimum absolute atomic E-state index is 0.0332. The topological polar surface area (TPSA) is 77.4 Å². The average Bonchev–Trinajstić information content (AvgIpc) is 3.07. The van der Waals surface area contributed by atoms with Crippen LogP contribution in [0.1, 0.15) is 23.3 Å². The van der Waals surface area contributed by atoms with Gasteiger partial charge in [0.2, 0.25) is 0 Å². The number of aromatic nitrogens is 3. The molecule has 0 spiro atoms. The van der Waals surface area contributed by atoms with Gasteiger partial charge in [0.25, 0.3) is 11.8 Å². The van der Waals surface area contributed by atoms with E-state index in [-0.39, 0.29) is 30.0 Å². The molecule has 0 aromatic carbocycles. The maximum atomic E-state index is 13.8. The number of carbonyl (C=O) groups is 1. The fourth-order valence-corrected chi connectivity index (χ4v) is 3.45. The Bertz CT molecular complexity index is 761. The summed E-state index contributed by atoms with van der Waals surface area (Å²) in [4.78, 5) is 26.4.